The van der Waals surface area contributed by atoms with Gasteiger partial charge in [-0.15, -0.1) is 0 Å². The predicted molar refractivity (Wildman–Crippen MR) is 57.3 cm³/mol. The lowest BCUT2D eigenvalue weighted by atomic mass is 10.6. The fraction of sp³-hybridized carbons (Fsp3) is 0. The van der Waals surface area contributed by atoms with Crippen molar-refractivity contribution in [2.45, 2.75) is 0 Å². The second-order valence-electron chi connectivity index (χ2n) is 2.14. The van der Waals surface area contributed by atoms with Gasteiger partial charge in [0.1, 0.15) is 0 Å². The second-order valence-corrected chi connectivity index (χ2v) is 3.17. The lowest BCUT2D eigenvalue weighted by Gasteiger charge is -1.91. The number of carbonyl (C=O) groups is 3. The summed E-state index contributed by atoms with van der Waals surface area (Å²) < 4.78 is 8.88. The predicted octanol–water partition coefficient (Wildman–Crippen LogP) is -4.42. The summed E-state index contributed by atoms with van der Waals surface area (Å²) in [4.78, 5) is 50.2. The van der Waals surface area contributed by atoms with Crippen LogP contribution in [0.5, 0.6) is 0 Å². The molecule has 0 unspecified atom stereocenters. The number of phosphoric acid groups is 1. The Morgan fingerprint density at radius 2 is 1.17 bits per heavy atom. The topological polar surface area (TPSA) is 269 Å². The first-order valence-corrected chi connectivity index (χ1v) is 5.11. The molecule has 0 fully saturated rings. The fourth-order valence-electron chi connectivity index (χ4n) is 0.133. The van der Waals surface area contributed by atoms with Crippen LogP contribution in [-0.2, 0) is 14.2 Å². The number of urea groups is 1. The van der Waals surface area contributed by atoms with E-state index in [1.54, 1.807) is 5.32 Å². The molecule has 0 bridgehead atoms. The number of hydrogen-bond donors (Lipinski definition) is 9. The van der Waals surface area contributed by atoms with Crippen molar-refractivity contribution in [3.8, 4) is 0 Å². The Kier molecular flexibility index (Phi) is 11.7. The van der Waals surface area contributed by atoms with Crippen molar-refractivity contribution in [3.05, 3.63) is 0 Å². The van der Waals surface area contributed by atoms with Gasteiger partial charge in [-0.25, -0.2) is 9.36 Å². The average Bonchev–Trinajstić information content (AvgIpc) is 1.97. The van der Waals surface area contributed by atoms with Crippen LogP contribution < -0.4 is 28.3 Å². The molecule has 0 aromatic carbocycles. The highest BCUT2D eigenvalue weighted by molar-refractivity contribution is 7.45. The van der Waals surface area contributed by atoms with Crippen molar-refractivity contribution in [1.82, 2.24) is 5.32 Å². The molecule has 0 aliphatic heterocycles. The largest absolute Gasteiger partial charge is 0.466 e. The minimum atomic E-state index is -4.64. The molecule has 0 saturated carbocycles. The standard InChI is InChI=1S/C2H6N4O.C2H4N2O2.H3O4P/c3-1(4)6-2(5)7;3-1(5)2(4)6;1-5(2,3)4/h(H6,3,4,5,6,7);(H2,3,5)(H2,4,6);(H3,1,2,3,4). The van der Waals surface area contributed by atoms with E-state index in [9.17, 15) is 14.4 Å². The summed E-state index contributed by atoms with van der Waals surface area (Å²) in [7, 11) is -4.64. The van der Waals surface area contributed by atoms with E-state index in [0.717, 1.165) is 0 Å². The molecule has 106 valence electrons. The van der Waals surface area contributed by atoms with E-state index in [4.69, 9.17) is 24.7 Å². The molecule has 18 heavy (non-hydrogen) atoms. The van der Waals surface area contributed by atoms with Crippen LogP contribution in [0.4, 0.5) is 4.79 Å². The number of primary amides is 3. The Morgan fingerprint density at radius 3 is 1.17 bits per heavy atom. The quantitative estimate of drug-likeness (QED) is 0.0904. The van der Waals surface area contributed by atoms with E-state index in [-0.39, 0.29) is 0 Å². The Balaban J connectivity index is -0.000000190. The SMILES string of the molecule is N=C(N)NC(N)=O.NC(=O)C(N)=O.O=P(O)(O)O. The van der Waals surface area contributed by atoms with Gasteiger partial charge >= 0.3 is 25.7 Å². The number of hydrogen-bond acceptors (Lipinski definition) is 5. The maximum Gasteiger partial charge on any atom is 0.466 e. The molecule has 0 heterocycles. The van der Waals surface area contributed by atoms with Crippen molar-refractivity contribution in [3.63, 3.8) is 0 Å². The summed E-state index contributed by atoms with van der Waals surface area (Å²) in [6, 6.07) is -0.812. The molecule has 13 nitrogen and oxygen atoms in total. The normalized spacial score (nSPS) is 8.61. The van der Waals surface area contributed by atoms with Crippen LogP contribution in [0.15, 0.2) is 0 Å². The molecule has 13 N–H and O–H groups in total. The molecule has 0 aliphatic carbocycles. The molecule has 0 aromatic rings. The van der Waals surface area contributed by atoms with Gasteiger partial charge in [0.25, 0.3) is 0 Å². The third-order valence-corrected chi connectivity index (χ3v) is 0.501. The summed E-state index contributed by atoms with van der Waals surface area (Å²) in [6.45, 7) is 0. The van der Waals surface area contributed by atoms with E-state index in [2.05, 4.69) is 22.9 Å². The fourth-order valence-corrected chi connectivity index (χ4v) is 0.133. The van der Waals surface area contributed by atoms with Gasteiger partial charge in [-0.3, -0.25) is 20.3 Å². The van der Waals surface area contributed by atoms with Crippen molar-refractivity contribution in [1.29, 1.82) is 5.41 Å². The molecule has 0 saturated heterocycles. The average molecular weight is 288 g/mol. The zero-order valence-electron chi connectivity index (χ0n) is 8.73. The number of carbonyl (C=O) groups excluding carboxylic acids is 3. The van der Waals surface area contributed by atoms with Crippen molar-refractivity contribution >= 4 is 31.6 Å². The Hall–Kier alpha value is -2.21. The summed E-state index contributed by atoms with van der Waals surface area (Å²) in [5.41, 5.74) is 17.8. The Bertz CT molecular complexity index is 331. The molecule has 4 amide bonds. The number of rotatable bonds is 0. The van der Waals surface area contributed by atoms with Crippen LogP contribution in [0, 0.1) is 5.41 Å². The van der Waals surface area contributed by atoms with Gasteiger partial charge < -0.3 is 37.6 Å². The maximum absolute atomic E-state index is 9.70. The zero-order valence-corrected chi connectivity index (χ0v) is 9.63. The van der Waals surface area contributed by atoms with E-state index < -0.39 is 31.6 Å². The monoisotopic (exact) mass is 288 g/mol. The van der Waals surface area contributed by atoms with Crippen LogP contribution in [0.3, 0.4) is 0 Å². The molecule has 0 radical (unpaired) electrons. The van der Waals surface area contributed by atoms with E-state index >= 15 is 0 Å². The van der Waals surface area contributed by atoms with Crippen molar-refractivity contribution < 1.29 is 33.6 Å². The van der Waals surface area contributed by atoms with Crippen LogP contribution >= 0.6 is 7.82 Å². The van der Waals surface area contributed by atoms with Crippen molar-refractivity contribution in [2.24, 2.45) is 22.9 Å². The van der Waals surface area contributed by atoms with Gasteiger partial charge in [0, 0.05) is 0 Å². The molecule has 0 spiro atoms. The highest BCUT2D eigenvalue weighted by Gasteiger charge is 2.00. The van der Waals surface area contributed by atoms with Gasteiger partial charge in [-0.05, 0) is 0 Å². The van der Waals surface area contributed by atoms with Crippen LogP contribution in [0.1, 0.15) is 0 Å². The number of nitrogens with one attached hydrogen (secondary N) is 2. The minimum Gasteiger partial charge on any atom is -0.370 e. The van der Waals surface area contributed by atoms with Crippen LogP contribution in [-0.4, -0.2) is 38.5 Å². The molecule has 0 rings (SSSR count). The summed E-state index contributed by atoms with van der Waals surface area (Å²) >= 11 is 0. The number of guanidine groups is 1. The molecule has 0 atom stereocenters. The van der Waals surface area contributed by atoms with Gasteiger partial charge in [0.05, 0.1) is 0 Å². The highest BCUT2D eigenvalue weighted by atomic mass is 31.2. The van der Waals surface area contributed by atoms with Gasteiger partial charge in [0.2, 0.25) is 0 Å². The van der Waals surface area contributed by atoms with Crippen molar-refractivity contribution in [2.75, 3.05) is 0 Å². The Morgan fingerprint density at radius 1 is 0.944 bits per heavy atom. The first-order chi connectivity index (χ1) is 7.77. The van der Waals surface area contributed by atoms with E-state index in [0.29, 0.717) is 0 Å². The van der Waals surface area contributed by atoms with E-state index in [1.165, 1.54) is 0 Å². The highest BCUT2D eigenvalue weighted by Crippen LogP contribution is 2.25. The van der Waals surface area contributed by atoms with Crippen LogP contribution in [0.2, 0.25) is 0 Å². The number of nitrogens with two attached hydrogens (primary N) is 4. The Labute approximate surface area is 99.9 Å². The van der Waals surface area contributed by atoms with Crippen LogP contribution in [0.25, 0.3) is 0 Å². The minimum absolute atomic E-state index is 0.437. The van der Waals surface area contributed by atoms with Gasteiger partial charge in [-0.1, -0.05) is 0 Å². The summed E-state index contributed by atoms with van der Waals surface area (Å²) in [5.74, 6) is -2.64. The van der Waals surface area contributed by atoms with Gasteiger partial charge in [0.15, 0.2) is 5.96 Å². The molecular weight excluding hydrogens is 275 g/mol. The zero-order chi connectivity index (χ0) is 15.5. The molecule has 0 aliphatic rings. The van der Waals surface area contributed by atoms with E-state index in [1.807, 2.05) is 0 Å². The number of amides is 4. The molecule has 0 aromatic heterocycles. The molecular formula is C4H13N6O7P. The third-order valence-electron chi connectivity index (χ3n) is 0.501. The lowest BCUT2D eigenvalue weighted by molar-refractivity contribution is -0.135. The summed E-state index contributed by atoms with van der Waals surface area (Å²) in [5, 5.41) is 8.20. The maximum atomic E-state index is 9.70. The first-order valence-electron chi connectivity index (χ1n) is 3.55. The lowest BCUT2D eigenvalue weighted by Crippen LogP contribution is -2.39. The second kappa shape index (κ2) is 9.98. The smallest absolute Gasteiger partial charge is 0.370 e. The summed E-state index contributed by atoms with van der Waals surface area (Å²) in [6.07, 6.45) is 0. The first kappa shape index (κ1) is 21.1. The molecule has 14 heteroatoms. The van der Waals surface area contributed by atoms with Gasteiger partial charge in [-0.2, -0.15) is 0 Å². The third kappa shape index (κ3) is 67.3.